The highest BCUT2D eigenvalue weighted by molar-refractivity contribution is 5.17. The van der Waals surface area contributed by atoms with Crippen LogP contribution in [0.5, 0.6) is 0 Å². The standard InChI is InChI=1S/C12H14O5/c13-6-8-9-10(11(14)15-8)17-12(16-9)7-4-2-1-3-5-7/h1-5,8-14H,6H2/t8-,9-,10-,11?,12?/m1/s1. The van der Waals surface area contributed by atoms with Crippen molar-refractivity contribution in [3.8, 4) is 0 Å². The zero-order valence-corrected chi connectivity index (χ0v) is 9.10. The lowest BCUT2D eigenvalue weighted by Crippen LogP contribution is -2.31. The summed E-state index contributed by atoms with van der Waals surface area (Å²) in [5.41, 5.74) is 0.894. The molecule has 2 saturated heterocycles. The zero-order chi connectivity index (χ0) is 11.8. The fraction of sp³-hybridized carbons (Fsp3) is 0.500. The summed E-state index contributed by atoms with van der Waals surface area (Å²) in [5, 5.41) is 18.7. The summed E-state index contributed by atoms with van der Waals surface area (Å²) in [7, 11) is 0. The lowest BCUT2D eigenvalue weighted by atomic mass is 10.1. The van der Waals surface area contributed by atoms with Gasteiger partial charge in [-0.2, -0.15) is 0 Å². The van der Waals surface area contributed by atoms with Crippen molar-refractivity contribution in [3.63, 3.8) is 0 Å². The van der Waals surface area contributed by atoms with Gasteiger partial charge in [-0.05, 0) is 0 Å². The van der Waals surface area contributed by atoms with Gasteiger partial charge < -0.3 is 24.4 Å². The third-order valence-corrected chi connectivity index (χ3v) is 3.10. The van der Waals surface area contributed by atoms with Gasteiger partial charge in [-0.25, -0.2) is 0 Å². The lowest BCUT2D eigenvalue weighted by Gasteiger charge is -2.16. The van der Waals surface area contributed by atoms with Crippen LogP contribution in [0.25, 0.3) is 0 Å². The average Bonchev–Trinajstić information content (AvgIpc) is 2.92. The Morgan fingerprint density at radius 2 is 1.71 bits per heavy atom. The van der Waals surface area contributed by atoms with Gasteiger partial charge >= 0.3 is 0 Å². The van der Waals surface area contributed by atoms with E-state index in [9.17, 15) is 5.11 Å². The van der Waals surface area contributed by atoms with Crippen LogP contribution in [0.15, 0.2) is 30.3 Å². The summed E-state index contributed by atoms with van der Waals surface area (Å²) in [6.07, 6.45) is -3.01. The van der Waals surface area contributed by atoms with E-state index in [1.165, 1.54) is 0 Å². The maximum Gasteiger partial charge on any atom is 0.185 e. The molecular formula is C12H14O5. The molecule has 2 heterocycles. The number of rotatable bonds is 2. The first kappa shape index (κ1) is 11.1. The minimum absolute atomic E-state index is 0.191. The van der Waals surface area contributed by atoms with E-state index in [0.717, 1.165) is 5.56 Å². The Morgan fingerprint density at radius 1 is 1.00 bits per heavy atom. The highest BCUT2D eigenvalue weighted by Crippen LogP contribution is 2.39. The van der Waals surface area contributed by atoms with Crippen molar-refractivity contribution >= 4 is 0 Å². The summed E-state index contributed by atoms with van der Waals surface area (Å²) in [6, 6.07) is 9.49. The minimum atomic E-state index is -1.04. The van der Waals surface area contributed by atoms with Crippen LogP contribution in [0.1, 0.15) is 11.9 Å². The molecule has 92 valence electrons. The van der Waals surface area contributed by atoms with Crippen LogP contribution < -0.4 is 0 Å². The number of ether oxygens (including phenoxy) is 3. The van der Waals surface area contributed by atoms with E-state index < -0.39 is 30.9 Å². The molecule has 1 aromatic carbocycles. The van der Waals surface area contributed by atoms with Gasteiger partial charge in [-0.3, -0.25) is 0 Å². The predicted molar refractivity (Wildman–Crippen MR) is 56.9 cm³/mol. The summed E-state index contributed by atoms with van der Waals surface area (Å²) in [5.74, 6) is 0. The van der Waals surface area contributed by atoms with Gasteiger partial charge in [0.2, 0.25) is 0 Å². The molecule has 2 fully saturated rings. The molecule has 2 N–H and O–H groups in total. The number of aliphatic hydroxyl groups excluding tert-OH is 2. The molecule has 17 heavy (non-hydrogen) atoms. The third-order valence-electron chi connectivity index (χ3n) is 3.10. The summed E-state index contributed by atoms with van der Waals surface area (Å²) >= 11 is 0. The molecule has 2 aliphatic rings. The zero-order valence-electron chi connectivity index (χ0n) is 9.10. The van der Waals surface area contributed by atoms with E-state index in [4.69, 9.17) is 19.3 Å². The maximum absolute atomic E-state index is 9.63. The molecular weight excluding hydrogens is 224 g/mol. The van der Waals surface area contributed by atoms with Crippen LogP contribution in [0.4, 0.5) is 0 Å². The first-order valence-electron chi connectivity index (χ1n) is 5.60. The minimum Gasteiger partial charge on any atom is -0.394 e. The predicted octanol–water partition coefficient (Wildman–Crippen LogP) is 0.179. The average molecular weight is 238 g/mol. The molecule has 1 aromatic rings. The topological polar surface area (TPSA) is 68.2 Å². The highest BCUT2D eigenvalue weighted by Gasteiger charge is 2.52. The van der Waals surface area contributed by atoms with Crippen LogP contribution in [0.2, 0.25) is 0 Å². The van der Waals surface area contributed by atoms with Crippen molar-refractivity contribution in [2.24, 2.45) is 0 Å². The Kier molecular flexibility index (Phi) is 2.85. The van der Waals surface area contributed by atoms with Crippen molar-refractivity contribution in [2.45, 2.75) is 30.9 Å². The molecule has 0 amide bonds. The first-order chi connectivity index (χ1) is 8.29. The Morgan fingerprint density at radius 3 is 2.41 bits per heavy atom. The third kappa shape index (κ3) is 1.86. The van der Waals surface area contributed by atoms with Crippen LogP contribution in [0, 0.1) is 0 Å². The van der Waals surface area contributed by atoms with Crippen LogP contribution >= 0.6 is 0 Å². The molecule has 2 unspecified atom stereocenters. The van der Waals surface area contributed by atoms with E-state index in [0.29, 0.717) is 0 Å². The first-order valence-corrected chi connectivity index (χ1v) is 5.60. The van der Waals surface area contributed by atoms with Crippen molar-refractivity contribution in [1.29, 1.82) is 0 Å². The van der Waals surface area contributed by atoms with E-state index in [-0.39, 0.29) is 6.61 Å². The fourth-order valence-electron chi connectivity index (χ4n) is 2.25. The van der Waals surface area contributed by atoms with Gasteiger partial charge in [-0.15, -0.1) is 0 Å². The number of hydrogen-bond donors (Lipinski definition) is 2. The van der Waals surface area contributed by atoms with Crippen LogP contribution in [-0.4, -0.2) is 41.4 Å². The monoisotopic (exact) mass is 238 g/mol. The fourth-order valence-corrected chi connectivity index (χ4v) is 2.25. The maximum atomic E-state index is 9.63. The second-order valence-corrected chi connectivity index (χ2v) is 4.19. The second kappa shape index (κ2) is 4.36. The van der Waals surface area contributed by atoms with Gasteiger partial charge in [0, 0.05) is 5.56 Å². The SMILES string of the molecule is OC[C@H]1OC(O)[C@@H]2OC(c3ccccc3)O[C@H]12. The highest BCUT2D eigenvalue weighted by atomic mass is 16.8. The Labute approximate surface area is 98.5 Å². The van der Waals surface area contributed by atoms with Crippen molar-refractivity contribution < 1.29 is 24.4 Å². The van der Waals surface area contributed by atoms with Gasteiger partial charge in [0.05, 0.1) is 6.61 Å². The van der Waals surface area contributed by atoms with E-state index >= 15 is 0 Å². The molecule has 0 saturated carbocycles. The quantitative estimate of drug-likeness (QED) is 0.769. The molecule has 3 rings (SSSR count). The smallest absolute Gasteiger partial charge is 0.185 e. The van der Waals surface area contributed by atoms with Crippen molar-refractivity contribution in [2.75, 3.05) is 6.61 Å². The molecule has 5 atom stereocenters. The van der Waals surface area contributed by atoms with E-state index in [2.05, 4.69) is 0 Å². The number of fused-ring (bicyclic) bond motifs is 1. The Hall–Kier alpha value is -0.980. The number of hydrogen-bond acceptors (Lipinski definition) is 5. The molecule has 0 radical (unpaired) electrons. The van der Waals surface area contributed by atoms with Crippen molar-refractivity contribution in [1.82, 2.24) is 0 Å². The molecule has 0 aliphatic carbocycles. The summed E-state index contributed by atoms with van der Waals surface area (Å²) < 4.78 is 16.4. The van der Waals surface area contributed by atoms with E-state index in [1.807, 2.05) is 30.3 Å². The second-order valence-electron chi connectivity index (χ2n) is 4.19. The van der Waals surface area contributed by atoms with Crippen LogP contribution in [-0.2, 0) is 14.2 Å². The summed E-state index contributed by atoms with van der Waals surface area (Å²) in [6.45, 7) is -0.191. The molecule has 0 aromatic heterocycles. The number of aliphatic hydroxyl groups is 2. The summed E-state index contributed by atoms with van der Waals surface area (Å²) in [4.78, 5) is 0. The normalized spacial score (nSPS) is 40.5. The largest absolute Gasteiger partial charge is 0.394 e. The molecule has 5 heteroatoms. The Bertz CT molecular complexity index is 382. The van der Waals surface area contributed by atoms with Gasteiger partial charge in [0.1, 0.15) is 18.3 Å². The Balaban J connectivity index is 1.78. The van der Waals surface area contributed by atoms with Gasteiger partial charge in [0.25, 0.3) is 0 Å². The molecule has 0 spiro atoms. The molecule has 0 bridgehead atoms. The molecule has 2 aliphatic heterocycles. The van der Waals surface area contributed by atoms with Crippen molar-refractivity contribution in [3.05, 3.63) is 35.9 Å². The number of benzene rings is 1. The van der Waals surface area contributed by atoms with Gasteiger partial charge in [-0.1, -0.05) is 30.3 Å². The lowest BCUT2D eigenvalue weighted by molar-refractivity contribution is -0.190. The van der Waals surface area contributed by atoms with Crippen LogP contribution in [0.3, 0.4) is 0 Å². The van der Waals surface area contributed by atoms with Gasteiger partial charge in [0.15, 0.2) is 12.6 Å². The molecule has 5 nitrogen and oxygen atoms in total. The van der Waals surface area contributed by atoms with E-state index in [1.54, 1.807) is 0 Å².